The number of thiazole rings is 1. The molecule has 1 N–H and O–H groups in total. The Morgan fingerprint density at radius 2 is 2.25 bits per heavy atom. The van der Waals surface area contributed by atoms with E-state index in [1.54, 1.807) is 23.6 Å². The highest BCUT2D eigenvalue weighted by Gasteiger charge is 2.00. The van der Waals surface area contributed by atoms with Crippen LogP contribution in [0.4, 0.5) is 4.39 Å². The lowest BCUT2D eigenvalue weighted by atomic mass is 10.1. The molecule has 1 aromatic heterocycles. The second-order valence-corrected chi connectivity index (χ2v) is 4.58. The maximum absolute atomic E-state index is 12.9. The Balaban J connectivity index is 1.90. The predicted octanol–water partition coefficient (Wildman–Crippen LogP) is 2.88. The smallest absolute Gasteiger partial charge is 0.123 e. The second-order valence-electron chi connectivity index (χ2n) is 3.60. The van der Waals surface area contributed by atoms with Crippen molar-refractivity contribution in [1.82, 2.24) is 10.3 Å². The standard InChI is InChI=1S/C12H13FN2S/c1-9-6-11(13)3-2-10(9)7-14-8-12-15-4-5-16-12/h2-6,14H,7-8H2,1H3. The normalized spacial score (nSPS) is 10.6. The van der Waals surface area contributed by atoms with Gasteiger partial charge in [-0.1, -0.05) is 6.07 Å². The molecule has 0 radical (unpaired) electrons. The molecule has 2 rings (SSSR count). The molecule has 4 heteroatoms. The molecule has 0 unspecified atom stereocenters. The molecule has 0 amide bonds. The first-order valence-corrected chi connectivity index (χ1v) is 5.98. The molecule has 0 saturated carbocycles. The highest BCUT2D eigenvalue weighted by Crippen LogP contribution is 2.10. The van der Waals surface area contributed by atoms with Crippen LogP contribution in [-0.4, -0.2) is 4.98 Å². The maximum atomic E-state index is 12.9. The van der Waals surface area contributed by atoms with Gasteiger partial charge in [0.1, 0.15) is 10.8 Å². The van der Waals surface area contributed by atoms with E-state index in [1.807, 2.05) is 18.4 Å². The molecule has 84 valence electrons. The van der Waals surface area contributed by atoms with E-state index >= 15 is 0 Å². The van der Waals surface area contributed by atoms with Gasteiger partial charge in [-0.2, -0.15) is 0 Å². The zero-order valence-electron chi connectivity index (χ0n) is 9.03. The molecular formula is C12H13FN2S. The van der Waals surface area contributed by atoms with Crippen molar-refractivity contribution in [3.8, 4) is 0 Å². The molecule has 0 spiro atoms. The summed E-state index contributed by atoms with van der Waals surface area (Å²) >= 11 is 1.63. The van der Waals surface area contributed by atoms with Crippen LogP contribution < -0.4 is 5.32 Å². The molecule has 2 nitrogen and oxygen atoms in total. The van der Waals surface area contributed by atoms with Gasteiger partial charge in [0.25, 0.3) is 0 Å². The Bertz CT molecular complexity index is 454. The summed E-state index contributed by atoms with van der Waals surface area (Å²) < 4.78 is 12.9. The number of nitrogens with one attached hydrogen (secondary N) is 1. The molecule has 2 aromatic rings. The predicted molar refractivity (Wildman–Crippen MR) is 63.8 cm³/mol. The fraction of sp³-hybridized carbons (Fsp3) is 0.250. The third-order valence-corrected chi connectivity index (χ3v) is 3.16. The Labute approximate surface area is 98.2 Å². The summed E-state index contributed by atoms with van der Waals surface area (Å²) in [5.74, 6) is -0.179. The first-order chi connectivity index (χ1) is 7.75. The van der Waals surface area contributed by atoms with Crippen molar-refractivity contribution in [3.63, 3.8) is 0 Å². The maximum Gasteiger partial charge on any atom is 0.123 e. The number of halogens is 1. The van der Waals surface area contributed by atoms with E-state index < -0.39 is 0 Å². The van der Waals surface area contributed by atoms with E-state index in [9.17, 15) is 4.39 Å². The van der Waals surface area contributed by atoms with Gasteiger partial charge in [-0.05, 0) is 30.2 Å². The number of benzene rings is 1. The number of nitrogens with zero attached hydrogens (tertiary/aromatic N) is 1. The molecule has 0 fully saturated rings. The lowest BCUT2D eigenvalue weighted by molar-refractivity contribution is 0.623. The summed E-state index contributed by atoms with van der Waals surface area (Å²) in [6, 6.07) is 4.87. The highest BCUT2D eigenvalue weighted by molar-refractivity contribution is 7.09. The molecule has 16 heavy (non-hydrogen) atoms. The quantitative estimate of drug-likeness (QED) is 0.883. The molecule has 0 aliphatic heterocycles. The van der Waals surface area contributed by atoms with Crippen molar-refractivity contribution in [2.45, 2.75) is 20.0 Å². The van der Waals surface area contributed by atoms with Crippen LogP contribution in [0, 0.1) is 12.7 Å². The molecule has 0 atom stereocenters. The zero-order valence-corrected chi connectivity index (χ0v) is 9.85. The molecular weight excluding hydrogens is 223 g/mol. The van der Waals surface area contributed by atoms with Crippen LogP contribution in [0.1, 0.15) is 16.1 Å². The molecule has 0 aliphatic rings. The van der Waals surface area contributed by atoms with Gasteiger partial charge in [0.05, 0.1) is 0 Å². The summed E-state index contributed by atoms with van der Waals surface area (Å²) in [4.78, 5) is 4.18. The lowest BCUT2D eigenvalue weighted by Gasteiger charge is -2.06. The third kappa shape index (κ3) is 2.87. The first kappa shape index (κ1) is 11.2. The number of hydrogen-bond acceptors (Lipinski definition) is 3. The van der Waals surface area contributed by atoms with E-state index in [1.165, 1.54) is 6.07 Å². The average Bonchev–Trinajstić information content (AvgIpc) is 2.74. The minimum Gasteiger partial charge on any atom is -0.306 e. The van der Waals surface area contributed by atoms with Crippen molar-refractivity contribution >= 4 is 11.3 Å². The van der Waals surface area contributed by atoms with Crippen LogP contribution in [-0.2, 0) is 13.1 Å². The van der Waals surface area contributed by atoms with Gasteiger partial charge in [-0.15, -0.1) is 11.3 Å². The SMILES string of the molecule is Cc1cc(F)ccc1CNCc1nccs1. The topological polar surface area (TPSA) is 24.9 Å². The van der Waals surface area contributed by atoms with Crippen molar-refractivity contribution in [3.05, 3.63) is 51.7 Å². The highest BCUT2D eigenvalue weighted by atomic mass is 32.1. The van der Waals surface area contributed by atoms with Crippen molar-refractivity contribution in [2.24, 2.45) is 0 Å². The van der Waals surface area contributed by atoms with Crippen molar-refractivity contribution in [1.29, 1.82) is 0 Å². The van der Waals surface area contributed by atoms with Gasteiger partial charge >= 0.3 is 0 Å². The number of hydrogen-bond donors (Lipinski definition) is 1. The second kappa shape index (κ2) is 5.18. The van der Waals surface area contributed by atoms with Crippen molar-refractivity contribution in [2.75, 3.05) is 0 Å². The fourth-order valence-electron chi connectivity index (χ4n) is 1.50. The molecule has 0 aliphatic carbocycles. The first-order valence-electron chi connectivity index (χ1n) is 5.10. The monoisotopic (exact) mass is 236 g/mol. The summed E-state index contributed by atoms with van der Waals surface area (Å²) in [7, 11) is 0. The van der Waals surface area contributed by atoms with Crippen LogP contribution >= 0.6 is 11.3 Å². The molecule has 1 heterocycles. The summed E-state index contributed by atoms with van der Waals surface area (Å²) in [6.07, 6.45) is 1.80. The van der Waals surface area contributed by atoms with Gasteiger partial charge in [0.15, 0.2) is 0 Å². The zero-order chi connectivity index (χ0) is 11.4. The van der Waals surface area contributed by atoms with Crippen LogP contribution in [0.3, 0.4) is 0 Å². The Hall–Kier alpha value is -1.26. The minimum atomic E-state index is -0.179. The Kier molecular flexibility index (Phi) is 3.64. The van der Waals surface area contributed by atoms with Gasteiger partial charge in [0, 0.05) is 24.7 Å². The van der Waals surface area contributed by atoms with E-state index in [0.29, 0.717) is 0 Å². The average molecular weight is 236 g/mol. The number of aromatic nitrogens is 1. The largest absolute Gasteiger partial charge is 0.306 e. The summed E-state index contributed by atoms with van der Waals surface area (Å²) in [5.41, 5.74) is 2.10. The minimum absolute atomic E-state index is 0.179. The number of rotatable bonds is 4. The van der Waals surface area contributed by atoms with E-state index in [0.717, 1.165) is 29.2 Å². The van der Waals surface area contributed by atoms with E-state index in [2.05, 4.69) is 10.3 Å². The van der Waals surface area contributed by atoms with Crippen molar-refractivity contribution < 1.29 is 4.39 Å². The number of aryl methyl sites for hydroxylation is 1. The third-order valence-electron chi connectivity index (χ3n) is 2.38. The van der Waals surface area contributed by atoms with Gasteiger partial charge < -0.3 is 5.32 Å². The lowest BCUT2D eigenvalue weighted by Crippen LogP contribution is -2.13. The molecule has 0 saturated heterocycles. The molecule has 0 bridgehead atoms. The van der Waals surface area contributed by atoms with Crippen LogP contribution in [0.2, 0.25) is 0 Å². The fourth-order valence-corrected chi connectivity index (χ4v) is 2.09. The van der Waals surface area contributed by atoms with E-state index in [-0.39, 0.29) is 5.82 Å². The molecule has 1 aromatic carbocycles. The van der Waals surface area contributed by atoms with Gasteiger partial charge in [0.2, 0.25) is 0 Å². The Morgan fingerprint density at radius 3 is 2.94 bits per heavy atom. The van der Waals surface area contributed by atoms with Crippen LogP contribution in [0.15, 0.2) is 29.8 Å². The van der Waals surface area contributed by atoms with E-state index in [4.69, 9.17) is 0 Å². The van der Waals surface area contributed by atoms with Crippen LogP contribution in [0.5, 0.6) is 0 Å². The van der Waals surface area contributed by atoms with Crippen LogP contribution in [0.25, 0.3) is 0 Å². The summed E-state index contributed by atoms with van der Waals surface area (Å²) in [5, 5.41) is 6.32. The Morgan fingerprint density at radius 1 is 1.38 bits per heavy atom. The van der Waals surface area contributed by atoms with Gasteiger partial charge in [-0.3, -0.25) is 0 Å². The summed E-state index contributed by atoms with van der Waals surface area (Å²) in [6.45, 7) is 3.42. The van der Waals surface area contributed by atoms with Gasteiger partial charge in [-0.25, -0.2) is 9.37 Å².